The molecule has 0 aliphatic carbocycles. The summed E-state index contributed by atoms with van der Waals surface area (Å²) >= 11 is 0. The van der Waals surface area contributed by atoms with Gasteiger partial charge >= 0.3 is 5.97 Å². The fourth-order valence-electron chi connectivity index (χ4n) is 1.95. The molecule has 5 heteroatoms. The number of rotatable bonds is 7. The van der Waals surface area contributed by atoms with Crippen molar-refractivity contribution >= 4 is 17.6 Å². The number of nitrogens with one attached hydrogen (secondary N) is 1. The Hall–Kier alpha value is -2.82. The SMILES string of the molecule is CCC(=O)O[C@@H](C)C(=O)Nc1ccc(OCc2ccccc2)cc1. The van der Waals surface area contributed by atoms with Gasteiger partial charge in [-0.1, -0.05) is 37.3 Å². The first-order valence-electron chi connectivity index (χ1n) is 7.85. The lowest BCUT2D eigenvalue weighted by atomic mass is 10.2. The molecule has 0 aliphatic rings. The fourth-order valence-corrected chi connectivity index (χ4v) is 1.95. The van der Waals surface area contributed by atoms with Gasteiger partial charge in [-0.2, -0.15) is 0 Å². The summed E-state index contributed by atoms with van der Waals surface area (Å²) in [4.78, 5) is 23.1. The van der Waals surface area contributed by atoms with Crippen molar-refractivity contribution in [1.29, 1.82) is 0 Å². The van der Waals surface area contributed by atoms with Gasteiger partial charge in [0.25, 0.3) is 5.91 Å². The first kappa shape index (κ1) is 17.5. The molecule has 2 aromatic carbocycles. The summed E-state index contributed by atoms with van der Waals surface area (Å²) in [6, 6.07) is 16.9. The molecule has 2 aromatic rings. The summed E-state index contributed by atoms with van der Waals surface area (Å²) in [5.74, 6) is -0.0561. The third-order valence-corrected chi connectivity index (χ3v) is 3.34. The van der Waals surface area contributed by atoms with Crippen LogP contribution in [0, 0.1) is 0 Å². The van der Waals surface area contributed by atoms with Crippen LogP contribution >= 0.6 is 0 Å². The normalized spacial score (nSPS) is 11.4. The average Bonchev–Trinajstić information content (AvgIpc) is 2.61. The highest BCUT2D eigenvalue weighted by molar-refractivity contribution is 5.95. The molecule has 0 bridgehead atoms. The number of carbonyl (C=O) groups is 2. The Labute approximate surface area is 141 Å². The lowest BCUT2D eigenvalue weighted by Crippen LogP contribution is -2.29. The van der Waals surface area contributed by atoms with Crippen molar-refractivity contribution < 1.29 is 19.1 Å². The number of benzene rings is 2. The number of anilines is 1. The topological polar surface area (TPSA) is 64.6 Å². The highest BCUT2D eigenvalue weighted by atomic mass is 16.5. The molecule has 24 heavy (non-hydrogen) atoms. The molecule has 5 nitrogen and oxygen atoms in total. The zero-order valence-electron chi connectivity index (χ0n) is 13.8. The Bertz CT molecular complexity index is 668. The van der Waals surface area contributed by atoms with Crippen molar-refractivity contribution in [3.05, 3.63) is 60.2 Å². The Kier molecular flexibility index (Phi) is 6.37. The molecule has 0 aromatic heterocycles. The van der Waals surface area contributed by atoms with Gasteiger partial charge < -0.3 is 14.8 Å². The Morgan fingerprint density at radius 1 is 1.04 bits per heavy atom. The van der Waals surface area contributed by atoms with E-state index in [1.165, 1.54) is 0 Å². The molecule has 1 N–H and O–H groups in total. The predicted molar refractivity (Wildman–Crippen MR) is 91.7 cm³/mol. The summed E-state index contributed by atoms with van der Waals surface area (Å²) in [6.07, 6.45) is -0.586. The maximum absolute atomic E-state index is 11.9. The van der Waals surface area contributed by atoms with E-state index in [0.717, 1.165) is 5.56 Å². The van der Waals surface area contributed by atoms with Crippen LogP contribution in [0.25, 0.3) is 0 Å². The van der Waals surface area contributed by atoms with Crippen molar-refractivity contribution in [2.45, 2.75) is 33.0 Å². The van der Waals surface area contributed by atoms with E-state index < -0.39 is 12.1 Å². The third kappa shape index (κ3) is 5.43. The van der Waals surface area contributed by atoms with Gasteiger partial charge in [0.2, 0.25) is 0 Å². The Morgan fingerprint density at radius 2 is 1.71 bits per heavy atom. The van der Waals surface area contributed by atoms with Crippen molar-refractivity contribution in [2.75, 3.05) is 5.32 Å². The number of amides is 1. The molecule has 0 radical (unpaired) electrons. The van der Waals surface area contributed by atoms with Crippen molar-refractivity contribution in [1.82, 2.24) is 0 Å². The highest BCUT2D eigenvalue weighted by Gasteiger charge is 2.16. The van der Waals surface area contributed by atoms with E-state index in [4.69, 9.17) is 9.47 Å². The summed E-state index contributed by atoms with van der Waals surface area (Å²) < 4.78 is 10.7. The van der Waals surface area contributed by atoms with Gasteiger partial charge in [0.15, 0.2) is 6.10 Å². The van der Waals surface area contributed by atoms with Crippen LogP contribution in [0.2, 0.25) is 0 Å². The Balaban J connectivity index is 1.85. The molecule has 0 aliphatic heterocycles. The quantitative estimate of drug-likeness (QED) is 0.790. The van der Waals surface area contributed by atoms with Gasteiger partial charge in [-0.05, 0) is 36.8 Å². The van der Waals surface area contributed by atoms with Gasteiger partial charge in [0, 0.05) is 12.1 Å². The fraction of sp³-hybridized carbons (Fsp3) is 0.263. The molecule has 2 rings (SSSR count). The maximum atomic E-state index is 11.9. The van der Waals surface area contributed by atoms with E-state index in [2.05, 4.69) is 5.32 Å². The van der Waals surface area contributed by atoms with Crippen molar-refractivity contribution in [3.8, 4) is 5.75 Å². The first-order chi connectivity index (χ1) is 11.6. The summed E-state index contributed by atoms with van der Waals surface area (Å²) in [5.41, 5.74) is 1.70. The smallest absolute Gasteiger partial charge is 0.306 e. The molecular weight excluding hydrogens is 306 g/mol. The minimum absolute atomic E-state index is 0.241. The monoisotopic (exact) mass is 327 g/mol. The molecule has 0 saturated heterocycles. The summed E-state index contributed by atoms with van der Waals surface area (Å²) in [7, 11) is 0. The zero-order valence-corrected chi connectivity index (χ0v) is 13.8. The van der Waals surface area contributed by atoms with E-state index in [0.29, 0.717) is 18.0 Å². The lowest BCUT2D eigenvalue weighted by Gasteiger charge is -2.13. The molecule has 126 valence electrons. The number of esters is 1. The van der Waals surface area contributed by atoms with Crippen molar-refractivity contribution in [2.24, 2.45) is 0 Å². The summed E-state index contributed by atoms with van der Waals surface area (Å²) in [6.45, 7) is 3.71. The zero-order chi connectivity index (χ0) is 17.4. The highest BCUT2D eigenvalue weighted by Crippen LogP contribution is 2.17. The molecule has 1 amide bonds. The number of carbonyl (C=O) groups excluding carboxylic acids is 2. The molecule has 0 unspecified atom stereocenters. The second-order valence-electron chi connectivity index (χ2n) is 5.27. The lowest BCUT2D eigenvalue weighted by molar-refractivity contribution is -0.152. The van der Waals surface area contributed by atoms with Gasteiger partial charge in [-0.15, -0.1) is 0 Å². The second-order valence-corrected chi connectivity index (χ2v) is 5.27. The molecule has 0 heterocycles. The molecule has 0 spiro atoms. The third-order valence-electron chi connectivity index (χ3n) is 3.34. The van der Waals surface area contributed by atoms with Crippen LogP contribution in [0.5, 0.6) is 5.75 Å². The predicted octanol–water partition coefficient (Wildman–Crippen LogP) is 3.55. The van der Waals surface area contributed by atoms with E-state index in [9.17, 15) is 9.59 Å². The minimum atomic E-state index is -0.827. The Morgan fingerprint density at radius 3 is 2.33 bits per heavy atom. The minimum Gasteiger partial charge on any atom is -0.489 e. The van der Waals surface area contributed by atoms with E-state index >= 15 is 0 Å². The first-order valence-corrected chi connectivity index (χ1v) is 7.85. The van der Waals surface area contributed by atoms with Gasteiger partial charge in [-0.3, -0.25) is 9.59 Å². The number of hydrogen-bond donors (Lipinski definition) is 1. The average molecular weight is 327 g/mol. The van der Waals surface area contributed by atoms with Crippen LogP contribution in [0.1, 0.15) is 25.8 Å². The molecule has 0 saturated carbocycles. The molecular formula is C19H21NO4. The molecule has 0 fully saturated rings. The van der Waals surface area contributed by atoms with Crippen LogP contribution < -0.4 is 10.1 Å². The van der Waals surface area contributed by atoms with Crippen LogP contribution in [-0.4, -0.2) is 18.0 Å². The van der Waals surface area contributed by atoms with Gasteiger partial charge in [0.05, 0.1) is 0 Å². The molecule has 1 atom stereocenters. The van der Waals surface area contributed by atoms with Crippen LogP contribution in [-0.2, 0) is 20.9 Å². The van der Waals surface area contributed by atoms with Gasteiger partial charge in [0.1, 0.15) is 12.4 Å². The largest absolute Gasteiger partial charge is 0.489 e. The van der Waals surface area contributed by atoms with Crippen molar-refractivity contribution in [3.63, 3.8) is 0 Å². The number of ether oxygens (including phenoxy) is 2. The van der Waals surface area contributed by atoms with Gasteiger partial charge in [-0.25, -0.2) is 0 Å². The van der Waals surface area contributed by atoms with Crippen LogP contribution in [0.4, 0.5) is 5.69 Å². The van der Waals surface area contributed by atoms with Crippen LogP contribution in [0.3, 0.4) is 0 Å². The van der Waals surface area contributed by atoms with Crippen LogP contribution in [0.15, 0.2) is 54.6 Å². The van der Waals surface area contributed by atoms with E-state index in [1.54, 1.807) is 38.1 Å². The standard InChI is InChI=1S/C19H21NO4/c1-3-18(21)24-14(2)19(22)20-16-9-11-17(12-10-16)23-13-15-7-5-4-6-8-15/h4-12,14H,3,13H2,1-2H3,(H,20,22)/t14-/m0/s1. The second kappa shape index (κ2) is 8.72. The van der Waals surface area contributed by atoms with E-state index in [-0.39, 0.29) is 12.3 Å². The maximum Gasteiger partial charge on any atom is 0.306 e. The van der Waals surface area contributed by atoms with E-state index in [1.807, 2.05) is 30.3 Å². The number of hydrogen-bond acceptors (Lipinski definition) is 4. The summed E-state index contributed by atoms with van der Waals surface area (Å²) in [5, 5.41) is 2.70.